The molecule has 3 aromatic rings. The second kappa shape index (κ2) is 5.84. The lowest BCUT2D eigenvalue weighted by molar-refractivity contribution is 0.112. The molecule has 0 atom stereocenters. The summed E-state index contributed by atoms with van der Waals surface area (Å²) in [7, 11) is 1.95. The Kier molecular flexibility index (Phi) is 3.74. The topological polar surface area (TPSA) is 26.3 Å². The van der Waals surface area contributed by atoms with Crippen molar-refractivity contribution in [3.8, 4) is 5.75 Å². The van der Waals surface area contributed by atoms with Crippen LogP contribution in [0.2, 0.25) is 0 Å². The summed E-state index contributed by atoms with van der Waals surface area (Å²) in [5.41, 5.74) is 2.80. The lowest BCUT2D eigenvalue weighted by atomic mass is 9.93. The fourth-order valence-corrected chi connectivity index (χ4v) is 2.48. The second-order valence-corrected chi connectivity index (χ2v) is 5.07. The number of fused-ring (bicyclic) bond motifs is 1. The molecule has 3 heteroatoms. The van der Waals surface area contributed by atoms with Crippen LogP contribution in [0.5, 0.6) is 5.75 Å². The van der Waals surface area contributed by atoms with Crippen molar-refractivity contribution < 1.29 is 9.53 Å². The molecule has 0 saturated heterocycles. The maximum absolute atomic E-state index is 10.8. The Morgan fingerprint density at radius 2 is 1.81 bits per heavy atom. The van der Waals surface area contributed by atoms with Gasteiger partial charge in [0.25, 0.3) is 0 Å². The largest absolute Gasteiger partial charge is 0.489 e. The normalized spacial score (nSPS) is 10.5. The van der Waals surface area contributed by atoms with E-state index in [-0.39, 0.29) is 0 Å². The van der Waals surface area contributed by atoms with E-state index in [9.17, 15) is 4.79 Å². The van der Waals surface area contributed by atoms with Gasteiger partial charge in [-0.25, -0.2) is 0 Å². The van der Waals surface area contributed by atoms with Crippen LogP contribution in [0.4, 0.5) is 0 Å². The number of hydrogen-bond acceptors (Lipinski definition) is 2. The molecular formula is C18H15BO2. The first kappa shape index (κ1) is 13.4. The molecule has 0 amide bonds. The van der Waals surface area contributed by atoms with E-state index in [0.717, 1.165) is 23.1 Å². The highest BCUT2D eigenvalue weighted by atomic mass is 16.5. The van der Waals surface area contributed by atoms with Gasteiger partial charge in [-0.1, -0.05) is 48.5 Å². The predicted molar refractivity (Wildman–Crippen MR) is 88.3 cm³/mol. The molecule has 102 valence electrons. The van der Waals surface area contributed by atoms with Gasteiger partial charge in [0.15, 0.2) is 0 Å². The summed E-state index contributed by atoms with van der Waals surface area (Å²) in [5.74, 6) is 0.813. The maximum Gasteiger partial charge on any atom is 0.150 e. The van der Waals surface area contributed by atoms with E-state index in [1.54, 1.807) is 6.07 Å². The highest BCUT2D eigenvalue weighted by Crippen LogP contribution is 2.20. The van der Waals surface area contributed by atoms with Crippen LogP contribution in [0.3, 0.4) is 0 Å². The molecule has 0 aromatic heterocycles. The summed E-state index contributed by atoms with van der Waals surface area (Å²) >= 11 is 0. The summed E-state index contributed by atoms with van der Waals surface area (Å²) in [5, 5.41) is 2.42. The molecule has 0 saturated carbocycles. The summed E-state index contributed by atoms with van der Waals surface area (Å²) in [4.78, 5) is 10.8. The Balaban J connectivity index is 1.85. The second-order valence-electron chi connectivity index (χ2n) is 5.07. The SMILES string of the molecule is Bc1cc(C=O)ccc1OCc1cccc2ccccc12. The molecule has 3 rings (SSSR count). The minimum absolute atomic E-state index is 0.516. The zero-order valence-electron chi connectivity index (χ0n) is 11.9. The van der Waals surface area contributed by atoms with Gasteiger partial charge in [0.1, 0.15) is 26.5 Å². The van der Waals surface area contributed by atoms with Gasteiger partial charge in [-0.2, -0.15) is 0 Å². The van der Waals surface area contributed by atoms with Crippen LogP contribution < -0.4 is 10.2 Å². The number of aldehydes is 1. The van der Waals surface area contributed by atoms with E-state index in [4.69, 9.17) is 4.74 Å². The van der Waals surface area contributed by atoms with E-state index in [0.29, 0.717) is 12.2 Å². The number of benzene rings is 3. The summed E-state index contributed by atoms with van der Waals surface area (Å²) < 4.78 is 5.91. The lowest BCUT2D eigenvalue weighted by Gasteiger charge is -2.11. The quantitative estimate of drug-likeness (QED) is 0.539. The van der Waals surface area contributed by atoms with Crippen molar-refractivity contribution in [1.29, 1.82) is 0 Å². The van der Waals surface area contributed by atoms with E-state index in [1.807, 2.05) is 38.2 Å². The minimum Gasteiger partial charge on any atom is -0.489 e. The standard InChI is InChI=1S/C18H15BO2/c19-17-10-13(11-20)8-9-18(17)21-12-15-6-3-5-14-4-1-2-7-16(14)15/h1-11H,12,19H2. The number of hydrogen-bond donors (Lipinski definition) is 0. The maximum atomic E-state index is 10.8. The molecule has 0 bridgehead atoms. The van der Waals surface area contributed by atoms with Crippen molar-refractivity contribution in [1.82, 2.24) is 0 Å². The molecule has 3 aromatic carbocycles. The molecule has 21 heavy (non-hydrogen) atoms. The number of ether oxygens (including phenoxy) is 1. The Hall–Kier alpha value is -2.55. The molecule has 0 radical (unpaired) electrons. The molecular weight excluding hydrogens is 259 g/mol. The van der Waals surface area contributed by atoms with Crippen LogP contribution >= 0.6 is 0 Å². The molecule has 0 aliphatic rings. The minimum atomic E-state index is 0.516. The fraction of sp³-hybridized carbons (Fsp3) is 0.0556. The van der Waals surface area contributed by atoms with Gasteiger partial charge in [-0.15, -0.1) is 0 Å². The average Bonchev–Trinajstić information content (AvgIpc) is 2.53. The first-order valence-corrected chi connectivity index (χ1v) is 6.93. The molecule has 0 spiro atoms. The van der Waals surface area contributed by atoms with Gasteiger partial charge < -0.3 is 4.74 Å². The number of rotatable bonds is 4. The number of carbonyl (C=O) groups excluding carboxylic acids is 1. The smallest absolute Gasteiger partial charge is 0.150 e. The van der Waals surface area contributed by atoms with Crippen LogP contribution in [-0.4, -0.2) is 14.1 Å². The van der Waals surface area contributed by atoms with E-state index < -0.39 is 0 Å². The highest BCUT2D eigenvalue weighted by molar-refractivity contribution is 6.34. The molecule has 0 aliphatic carbocycles. The zero-order chi connectivity index (χ0) is 14.7. The Morgan fingerprint density at radius 3 is 2.62 bits per heavy atom. The van der Waals surface area contributed by atoms with Gasteiger partial charge >= 0.3 is 0 Å². The highest BCUT2D eigenvalue weighted by Gasteiger charge is 2.04. The zero-order valence-corrected chi connectivity index (χ0v) is 11.9. The van der Waals surface area contributed by atoms with Crippen molar-refractivity contribution in [3.05, 3.63) is 71.8 Å². The third-order valence-electron chi connectivity index (χ3n) is 3.60. The van der Waals surface area contributed by atoms with Gasteiger partial charge in [-0.05, 0) is 33.9 Å². The van der Waals surface area contributed by atoms with Crippen molar-refractivity contribution in [2.45, 2.75) is 6.61 Å². The molecule has 0 heterocycles. The average molecular weight is 274 g/mol. The Labute approximate surface area is 124 Å². The van der Waals surface area contributed by atoms with Crippen LogP contribution in [0.25, 0.3) is 10.8 Å². The third-order valence-corrected chi connectivity index (χ3v) is 3.60. The Bertz CT molecular complexity index is 791. The fourth-order valence-electron chi connectivity index (χ4n) is 2.48. The summed E-state index contributed by atoms with van der Waals surface area (Å²) in [6.45, 7) is 0.516. The van der Waals surface area contributed by atoms with Crippen LogP contribution in [0, 0.1) is 0 Å². The van der Waals surface area contributed by atoms with Crippen molar-refractivity contribution in [2.75, 3.05) is 0 Å². The van der Waals surface area contributed by atoms with Crippen molar-refractivity contribution in [2.24, 2.45) is 0 Å². The van der Waals surface area contributed by atoms with Gasteiger partial charge in [0, 0.05) is 5.56 Å². The van der Waals surface area contributed by atoms with Crippen molar-refractivity contribution in [3.63, 3.8) is 0 Å². The van der Waals surface area contributed by atoms with Crippen molar-refractivity contribution >= 4 is 30.4 Å². The predicted octanol–water partition coefficient (Wildman–Crippen LogP) is 2.49. The molecule has 0 aliphatic heterocycles. The van der Waals surface area contributed by atoms with E-state index in [2.05, 4.69) is 24.3 Å². The molecule has 0 unspecified atom stereocenters. The van der Waals surface area contributed by atoms with Crippen LogP contribution in [0.15, 0.2) is 60.7 Å². The summed E-state index contributed by atoms with van der Waals surface area (Å²) in [6, 6.07) is 20.0. The first-order valence-electron chi connectivity index (χ1n) is 6.93. The molecule has 0 N–H and O–H groups in total. The Morgan fingerprint density at radius 1 is 1.00 bits per heavy atom. The van der Waals surface area contributed by atoms with Crippen LogP contribution in [-0.2, 0) is 6.61 Å². The van der Waals surface area contributed by atoms with Crippen LogP contribution in [0.1, 0.15) is 15.9 Å². The number of carbonyl (C=O) groups is 1. The van der Waals surface area contributed by atoms with E-state index in [1.165, 1.54) is 10.8 Å². The third kappa shape index (κ3) is 2.82. The monoisotopic (exact) mass is 274 g/mol. The van der Waals surface area contributed by atoms with Gasteiger partial charge in [-0.3, -0.25) is 4.79 Å². The molecule has 0 fully saturated rings. The molecule has 2 nitrogen and oxygen atoms in total. The van der Waals surface area contributed by atoms with Gasteiger partial charge in [0.05, 0.1) is 0 Å². The lowest BCUT2D eigenvalue weighted by Crippen LogP contribution is -2.10. The van der Waals surface area contributed by atoms with Gasteiger partial charge in [0.2, 0.25) is 0 Å². The van der Waals surface area contributed by atoms with E-state index >= 15 is 0 Å². The first-order chi connectivity index (χ1) is 10.3. The summed E-state index contributed by atoms with van der Waals surface area (Å²) in [6.07, 6.45) is 0.849.